The van der Waals surface area contributed by atoms with Gasteiger partial charge in [-0.05, 0) is 32.6 Å². The normalized spacial score (nSPS) is 26.9. The largest absolute Gasteiger partial charge is 0.478 e. The number of hydrogen-bond donors (Lipinski definition) is 2. The lowest BCUT2D eigenvalue weighted by atomic mass is 9.72. The third-order valence-electron chi connectivity index (χ3n) is 4.32. The number of ketones is 1. The third-order valence-corrected chi connectivity index (χ3v) is 4.32. The molecule has 0 radical (unpaired) electrons. The smallest absolute Gasteiger partial charge is 0.394 e. The molecule has 23 heavy (non-hydrogen) atoms. The van der Waals surface area contributed by atoms with Crippen LogP contribution < -0.4 is 5.73 Å². The van der Waals surface area contributed by atoms with Gasteiger partial charge in [-0.25, -0.2) is 4.79 Å². The Bertz CT molecular complexity index is 531. The van der Waals surface area contributed by atoms with Crippen LogP contribution in [-0.4, -0.2) is 34.8 Å². The number of carbonyl (C=O) groups is 2. The van der Waals surface area contributed by atoms with Crippen molar-refractivity contribution in [2.45, 2.75) is 58.2 Å². The molecule has 5 nitrogen and oxygen atoms in total. The number of halogens is 3. The van der Waals surface area contributed by atoms with Gasteiger partial charge in [0.2, 0.25) is 0 Å². The number of aliphatic carboxylic acids is 1. The fourth-order valence-electron chi connectivity index (χ4n) is 2.63. The molecule has 0 bridgehead atoms. The molecule has 0 atom stereocenters. The molecule has 0 aromatic carbocycles. The van der Waals surface area contributed by atoms with Crippen molar-refractivity contribution in [1.29, 1.82) is 0 Å². The van der Waals surface area contributed by atoms with E-state index < -0.39 is 41.3 Å². The molecule has 0 saturated heterocycles. The van der Waals surface area contributed by atoms with Crippen LogP contribution >= 0.6 is 0 Å². The Morgan fingerprint density at radius 2 is 1.87 bits per heavy atom. The second kappa shape index (κ2) is 7.14. The Labute approximate surface area is 132 Å². The Kier molecular flexibility index (Phi) is 5.96. The lowest BCUT2D eigenvalue weighted by Gasteiger charge is -2.34. The van der Waals surface area contributed by atoms with Crippen molar-refractivity contribution in [1.82, 2.24) is 0 Å². The zero-order chi connectivity index (χ0) is 17.8. The highest BCUT2D eigenvalue weighted by Gasteiger charge is 2.37. The monoisotopic (exact) mass is 334 g/mol. The number of rotatable bonds is 5. The van der Waals surface area contributed by atoms with E-state index >= 15 is 0 Å². The maximum atomic E-state index is 12.7. The van der Waals surface area contributed by atoms with Crippen LogP contribution in [0.15, 0.2) is 16.8 Å². The molecule has 0 heterocycles. The molecule has 1 aliphatic rings. The first kappa shape index (κ1) is 19.2. The van der Waals surface area contributed by atoms with Crippen LogP contribution in [0.4, 0.5) is 13.2 Å². The van der Waals surface area contributed by atoms with Gasteiger partial charge in [0.05, 0.1) is 23.7 Å². The van der Waals surface area contributed by atoms with Crippen molar-refractivity contribution < 1.29 is 27.9 Å². The van der Waals surface area contributed by atoms with Crippen LogP contribution in [0.2, 0.25) is 0 Å². The molecule has 1 saturated carbocycles. The number of nitrogens with zero attached hydrogens (tertiary/aromatic N) is 1. The standard InChI is InChI=1S/C15H21F3N2O3/c1-9(21)14(2)5-3-10(4-6-14)20-12(7-15(16,17)18)11(8-19)13(22)23/h8,10H,3-7,19H2,1-2H3,(H,22,23). The molecule has 130 valence electrons. The molecule has 1 fully saturated rings. The van der Waals surface area contributed by atoms with Crippen molar-refractivity contribution >= 4 is 17.5 Å². The van der Waals surface area contributed by atoms with Gasteiger partial charge in [-0.3, -0.25) is 9.79 Å². The number of alkyl halides is 3. The highest BCUT2D eigenvalue weighted by Crippen LogP contribution is 2.38. The van der Waals surface area contributed by atoms with Crippen molar-refractivity contribution in [3.8, 4) is 0 Å². The Hall–Kier alpha value is -1.86. The summed E-state index contributed by atoms with van der Waals surface area (Å²) in [5, 5.41) is 8.98. The summed E-state index contributed by atoms with van der Waals surface area (Å²) in [6.45, 7) is 3.33. The number of carboxylic acid groups (broad SMARTS) is 1. The van der Waals surface area contributed by atoms with Gasteiger partial charge in [-0.2, -0.15) is 13.2 Å². The van der Waals surface area contributed by atoms with Gasteiger partial charge in [0.25, 0.3) is 0 Å². The minimum absolute atomic E-state index is 0.0449. The summed E-state index contributed by atoms with van der Waals surface area (Å²) >= 11 is 0. The molecule has 0 aliphatic heterocycles. The fourth-order valence-corrected chi connectivity index (χ4v) is 2.63. The zero-order valence-corrected chi connectivity index (χ0v) is 13.1. The van der Waals surface area contributed by atoms with Crippen LogP contribution in [-0.2, 0) is 9.59 Å². The van der Waals surface area contributed by atoms with Gasteiger partial charge in [-0.15, -0.1) is 0 Å². The van der Waals surface area contributed by atoms with Gasteiger partial charge in [0.1, 0.15) is 5.78 Å². The van der Waals surface area contributed by atoms with E-state index in [-0.39, 0.29) is 5.78 Å². The Balaban J connectivity index is 2.98. The maximum Gasteiger partial charge on any atom is 0.394 e. The first-order chi connectivity index (χ1) is 10.5. The van der Waals surface area contributed by atoms with Crippen molar-refractivity contribution in [2.75, 3.05) is 0 Å². The van der Waals surface area contributed by atoms with Gasteiger partial charge in [0.15, 0.2) is 0 Å². The molecule has 3 N–H and O–H groups in total. The first-order valence-electron chi connectivity index (χ1n) is 7.28. The second-order valence-electron chi connectivity index (χ2n) is 6.10. The number of Topliss-reactive ketones (excluding diaryl/α,β-unsaturated/α-hetero) is 1. The highest BCUT2D eigenvalue weighted by atomic mass is 19.4. The topological polar surface area (TPSA) is 92.8 Å². The van der Waals surface area contributed by atoms with Gasteiger partial charge in [0, 0.05) is 11.6 Å². The fraction of sp³-hybridized carbons (Fsp3) is 0.667. The molecule has 0 unspecified atom stereocenters. The summed E-state index contributed by atoms with van der Waals surface area (Å²) in [5.74, 6) is -1.50. The quantitative estimate of drug-likeness (QED) is 0.597. The number of aliphatic imine (C=N–C) groups is 1. The molecular weight excluding hydrogens is 313 g/mol. The number of carbonyl (C=O) groups excluding carboxylic acids is 1. The van der Waals surface area contributed by atoms with Crippen LogP contribution in [0.5, 0.6) is 0 Å². The summed E-state index contributed by atoms with van der Waals surface area (Å²) in [5.41, 5.74) is 3.47. The van der Waals surface area contributed by atoms with E-state index in [0.717, 1.165) is 0 Å². The molecule has 1 rings (SSSR count). The van der Waals surface area contributed by atoms with Crippen molar-refractivity contribution in [3.63, 3.8) is 0 Å². The van der Waals surface area contributed by atoms with E-state index in [0.29, 0.717) is 31.9 Å². The predicted octanol–water partition coefficient (Wildman–Crippen LogP) is 2.84. The van der Waals surface area contributed by atoms with E-state index in [9.17, 15) is 22.8 Å². The molecule has 0 amide bonds. The minimum atomic E-state index is -4.58. The van der Waals surface area contributed by atoms with Gasteiger partial charge >= 0.3 is 12.1 Å². The summed E-state index contributed by atoms with van der Waals surface area (Å²) < 4.78 is 38.0. The highest BCUT2D eigenvalue weighted by molar-refractivity contribution is 6.19. The molecule has 0 aromatic heterocycles. The molecule has 1 aliphatic carbocycles. The van der Waals surface area contributed by atoms with Crippen LogP contribution in [0, 0.1) is 5.41 Å². The minimum Gasteiger partial charge on any atom is -0.478 e. The van der Waals surface area contributed by atoms with E-state index in [1.54, 1.807) is 0 Å². The Morgan fingerprint density at radius 1 is 1.35 bits per heavy atom. The number of nitrogens with two attached hydrogens (primary N) is 1. The first-order valence-corrected chi connectivity index (χ1v) is 7.28. The second-order valence-corrected chi connectivity index (χ2v) is 6.10. The van der Waals surface area contributed by atoms with Crippen LogP contribution in [0.25, 0.3) is 0 Å². The summed E-state index contributed by atoms with van der Waals surface area (Å²) in [6.07, 6.45) is -3.47. The third kappa shape index (κ3) is 5.37. The van der Waals surface area contributed by atoms with E-state index in [4.69, 9.17) is 10.8 Å². The number of carboxylic acids is 1. The maximum absolute atomic E-state index is 12.7. The SMILES string of the molecule is CC(=O)C1(C)CCC(N=C(CC(F)(F)F)C(=CN)C(=O)O)CC1. The molecule has 8 heteroatoms. The lowest BCUT2D eigenvalue weighted by molar-refractivity contribution is -0.132. The average Bonchev–Trinajstić information content (AvgIpc) is 2.39. The van der Waals surface area contributed by atoms with E-state index in [1.807, 2.05) is 6.92 Å². The lowest BCUT2D eigenvalue weighted by Crippen LogP contribution is -2.33. The Morgan fingerprint density at radius 3 is 2.22 bits per heavy atom. The molecule has 0 aromatic rings. The molecule has 0 spiro atoms. The molecular formula is C15H21F3N2O3. The summed E-state index contributed by atoms with van der Waals surface area (Å²) in [6, 6.07) is -0.436. The van der Waals surface area contributed by atoms with Crippen molar-refractivity contribution in [3.05, 3.63) is 11.8 Å². The predicted molar refractivity (Wildman–Crippen MR) is 79.1 cm³/mol. The van der Waals surface area contributed by atoms with Crippen molar-refractivity contribution in [2.24, 2.45) is 16.1 Å². The number of hydrogen-bond acceptors (Lipinski definition) is 4. The van der Waals surface area contributed by atoms with Crippen LogP contribution in [0.3, 0.4) is 0 Å². The summed E-state index contributed by atoms with van der Waals surface area (Å²) in [4.78, 5) is 26.6. The van der Waals surface area contributed by atoms with E-state index in [1.165, 1.54) is 6.92 Å². The average molecular weight is 334 g/mol. The van der Waals surface area contributed by atoms with Gasteiger partial charge < -0.3 is 10.8 Å². The summed E-state index contributed by atoms with van der Waals surface area (Å²) in [7, 11) is 0. The zero-order valence-electron chi connectivity index (χ0n) is 13.1. The van der Waals surface area contributed by atoms with Gasteiger partial charge in [-0.1, -0.05) is 6.92 Å². The van der Waals surface area contributed by atoms with E-state index in [2.05, 4.69) is 4.99 Å². The van der Waals surface area contributed by atoms with Crippen LogP contribution in [0.1, 0.15) is 46.0 Å².